The lowest BCUT2D eigenvalue weighted by atomic mass is 10.2. The van der Waals surface area contributed by atoms with Gasteiger partial charge in [-0.25, -0.2) is 4.68 Å². The van der Waals surface area contributed by atoms with Crippen LogP contribution in [0.15, 0.2) is 61.1 Å². The number of para-hydroxylation sites is 1. The lowest BCUT2D eigenvalue weighted by Crippen LogP contribution is -2.32. The van der Waals surface area contributed by atoms with Crippen molar-refractivity contribution in [3.8, 4) is 11.5 Å². The molecule has 1 aliphatic rings. The van der Waals surface area contributed by atoms with Gasteiger partial charge in [-0.3, -0.25) is 4.79 Å². The molecule has 6 nitrogen and oxygen atoms in total. The van der Waals surface area contributed by atoms with E-state index in [0.29, 0.717) is 18.1 Å². The number of aromatic nitrogens is 3. The third kappa shape index (κ3) is 4.48. The average molecular weight is 397 g/mol. The second kappa shape index (κ2) is 9.12. The molecule has 4 rings (SSSR count). The molecule has 0 unspecified atom stereocenters. The Hall–Kier alpha value is -2.51. The maximum atomic E-state index is 12.1. The SMILES string of the molecule is O=C(CSCc1cnn(-c2ccccc2)c1-n1cccc1)NC[C@H]1CCCO1. The zero-order valence-electron chi connectivity index (χ0n) is 15.7. The quantitative estimate of drug-likeness (QED) is 0.635. The molecule has 1 fully saturated rings. The van der Waals surface area contributed by atoms with Crippen LogP contribution >= 0.6 is 11.8 Å². The van der Waals surface area contributed by atoms with Crippen LogP contribution in [0.2, 0.25) is 0 Å². The van der Waals surface area contributed by atoms with E-state index in [4.69, 9.17) is 4.74 Å². The molecule has 3 aromatic rings. The van der Waals surface area contributed by atoms with Crippen molar-refractivity contribution in [1.82, 2.24) is 19.7 Å². The fraction of sp³-hybridized carbons (Fsp3) is 0.333. The fourth-order valence-electron chi connectivity index (χ4n) is 3.32. The van der Waals surface area contributed by atoms with Crippen LogP contribution in [0.1, 0.15) is 18.4 Å². The van der Waals surface area contributed by atoms with Crippen molar-refractivity contribution in [2.75, 3.05) is 18.9 Å². The van der Waals surface area contributed by atoms with E-state index >= 15 is 0 Å². The van der Waals surface area contributed by atoms with Crippen molar-refractivity contribution in [2.45, 2.75) is 24.7 Å². The normalized spacial score (nSPS) is 16.4. The maximum absolute atomic E-state index is 12.1. The van der Waals surface area contributed by atoms with Crippen molar-refractivity contribution in [2.24, 2.45) is 0 Å². The van der Waals surface area contributed by atoms with Crippen molar-refractivity contribution < 1.29 is 9.53 Å². The summed E-state index contributed by atoms with van der Waals surface area (Å²) in [5.41, 5.74) is 2.11. The van der Waals surface area contributed by atoms with E-state index in [1.807, 2.05) is 65.7 Å². The summed E-state index contributed by atoms with van der Waals surface area (Å²) in [4.78, 5) is 12.1. The zero-order valence-corrected chi connectivity index (χ0v) is 16.5. The molecule has 1 saturated heterocycles. The summed E-state index contributed by atoms with van der Waals surface area (Å²) in [5, 5.41) is 7.57. The minimum Gasteiger partial charge on any atom is -0.376 e. The first kappa shape index (κ1) is 18.8. The second-order valence-corrected chi connectivity index (χ2v) is 7.75. The Balaban J connectivity index is 1.40. The van der Waals surface area contributed by atoms with Crippen LogP contribution in [-0.2, 0) is 15.3 Å². The molecule has 0 radical (unpaired) electrons. The van der Waals surface area contributed by atoms with Gasteiger partial charge in [-0.2, -0.15) is 5.10 Å². The van der Waals surface area contributed by atoms with Gasteiger partial charge in [0.15, 0.2) is 0 Å². The Kier molecular flexibility index (Phi) is 6.14. The minimum absolute atomic E-state index is 0.0541. The summed E-state index contributed by atoms with van der Waals surface area (Å²) in [6.45, 7) is 1.42. The molecule has 0 aliphatic carbocycles. The molecule has 146 valence electrons. The van der Waals surface area contributed by atoms with E-state index < -0.39 is 0 Å². The number of nitrogens with one attached hydrogen (secondary N) is 1. The molecule has 0 spiro atoms. The van der Waals surface area contributed by atoms with Crippen molar-refractivity contribution in [1.29, 1.82) is 0 Å². The molecule has 7 heteroatoms. The number of benzene rings is 1. The van der Waals surface area contributed by atoms with Gasteiger partial charge in [0, 0.05) is 36.9 Å². The van der Waals surface area contributed by atoms with Crippen LogP contribution in [0.5, 0.6) is 0 Å². The first-order valence-electron chi connectivity index (χ1n) is 9.53. The number of hydrogen-bond donors (Lipinski definition) is 1. The van der Waals surface area contributed by atoms with Gasteiger partial charge < -0.3 is 14.6 Å². The van der Waals surface area contributed by atoms with Gasteiger partial charge in [-0.05, 0) is 37.1 Å². The van der Waals surface area contributed by atoms with E-state index in [1.54, 1.807) is 11.8 Å². The van der Waals surface area contributed by atoms with Crippen LogP contribution in [0.3, 0.4) is 0 Å². The average Bonchev–Trinajstić information content (AvgIpc) is 3.48. The lowest BCUT2D eigenvalue weighted by Gasteiger charge is -2.12. The van der Waals surface area contributed by atoms with Gasteiger partial charge in [-0.1, -0.05) is 18.2 Å². The van der Waals surface area contributed by atoms with Gasteiger partial charge in [0.25, 0.3) is 0 Å². The van der Waals surface area contributed by atoms with Crippen LogP contribution in [0.4, 0.5) is 0 Å². The lowest BCUT2D eigenvalue weighted by molar-refractivity contribution is -0.119. The van der Waals surface area contributed by atoms with Gasteiger partial charge in [0.2, 0.25) is 5.91 Å². The summed E-state index contributed by atoms with van der Waals surface area (Å²) >= 11 is 1.60. The second-order valence-electron chi connectivity index (χ2n) is 6.76. The Labute approximate surface area is 168 Å². The monoisotopic (exact) mass is 396 g/mol. The number of carbonyl (C=O) groups excluding carboxylic acids is 1. The molecule has 28 heavy (non-hydrogen) atoms. The Morgan fingerprint density at radius 2 is 2.04 bits per heavy atom. The highest BCUT2D eigenvalue weighted by Gasteiger charge is 2.17. The molecule has 1 N–H and O–H groups in total. The number of amides is 1. The summed E-state index contributed by atoms with van der Waals surface area (Å²) in [6, 6.07) is 14.1. The molecule has 1 amide bonds. The molecule has 2 aromatic heterocycles. The summed E-state index contributed by atoms with van der Waals surface area (Å²) in [7, 11) is 0. The van der Waals surface area contributed by atoms with Crippen molar-refractivity contribution in [3.63, 3.8) is 0 Å². The molecule has 1 aliphatic heterocycles. The predicted octanol–water partition coefficient (Wildman–Crippen LogP) is 3.19. The number of hydrogen-bond acceptors (Lipinski definition) is 4. The molecule has 3 heterocycles. The van der Waals surface area contributed by atoms with Gasteiger partial charge in [0.1, 0.15) is 5.82 Å². The van der Waals surface area contributed by atoms with Crippen LogP contribution < -0.4 is 5.32 Å². The summed E-state index contributed by atoms with van der Waals surface area (Å²) in [6.07, 6.45) is 8.21. The van der Waals surface area contributed by atoms with E-state index in [1.165, 1.54) is 0 Å². The van der Waals surface area contributed by atoms with Crippen molar-refractivity contribution in [3.05, 3.63) is 66.6 Å². The number of carbonyl (C=O) groups is 1. The number of ether oxygens (including phenoxy) is 1. The maximum Gasteiger partial charge on any atom is 0.230 e. The zero-order chi connectivity index (χ0) is 19.2. The smallest absolute Gasteiger partial charge is 0.230 e. The molecule has 0 saturated carbocycles. The largest absolute Gasteiger partial charge is 0.376 e. The third-order valence-electron chi connectivity index (χ3n) is 4.71. The van der Waals surface area contributed by atoms with Crippen molar-refractivity contribution >= 4 is 17.7 Å². The molecular weight excluding hydrogens is 372 g/mol. The fourth-order valence-corrected chi connectivity index (χ4v) is 4.14. The van der Waals surface area contributed by atoms with Gasteiger partial charge in [-0.15, -0.1) is 11.8 Å². The highest BCUT2D eigenvalue weighted by atomic mass is 32.2. The van der Waals surface area contributed by atoms with E-state index in [-0.39, 0.29) is 12.0 Å². The molecule has 0 bridgehead atoms. The minimum atomic E-state index is 0.0541. The molecule has 1 aromatic carbocycles. The van der Waals surface area contributed by atoms with Crippen LogP contribution in [0, 0.1) is 0 Å². The summed E-state index contributed by atoms with van der Waals surface area (Å²) in [5.74, 6) is 2.20. The number of nitrogens with zero attached hydrogens (tertiary/aromatic N) is 3. The predicted molar refractivity (Wildman–Crippen MR) is 111 cm³/mol. The highest BCUT2D eigenvalue weighted by molar-refractivity contribution is 7.99. The summed E-state index contributed by atoms with van der Waals surface area (Å²) < 4.78 is 9.54. The van der Waals surface area contributed by atoms with E-state index in [2.05, 4.69) is 15.0 Å². The first-order valence-corrected chi connectivity index (χ1v) is 10.7. The number of rotatable bonds is 8. The van der Waals surface area contributed by atoms with E-state index in [0.717, 1.165) is 36.5 Å². The van der Waals surface area contributed by atoms with Gasteiger partial charge in [0.05, 0.1) is 23.7 Å². The Bertz CT molecular complexity index is 887. The highest BCUT2D eigenvalue weighted by Crippen LogP contribution is 2.23. The Morgan fingerprint density at radius 1 is 1.21 bits per heavy atom. The first-order chi connectivity index (χ1) is 13.8. The van der Waals surface area contributed by atoms with E-state index in [9.17, 15) is 4.79 Å². The standard InChI is InChI=1S/C21H24N4O2S/c26-20(22-14-19-9-6-12-27-19)16-28-15-17-13-23-25(18-7-2-1-3-8-18)21(17)24-10-4-5-11-24/h1-5,7-8,10-11,13,19H,6,9,12,14-16H2,(H,22,26)/t19-/m1/s1. The third-order valence-corrected chi connectivity index (χ3v) is 5.69. The van der Waals surface area contributed by atoms with Gasteiger partial charge >= 0.3 is 0 Å². The Morgan fingerprint density at radius 3 is 2.79 bits per heavy atom. The molecular formula is C21H24N4O2S. The molecule has 1 atom stereocenters. The topological polar surface area (TPSA) is 61.1 Å². The number of thioether (sulfide) groups is 1. The van der Waals surface area contributed by atoms with Crippen LogP contribution in [0.25, 0.3) is 11.5 Å². The van der Waals surface area contributed by atoms with Crippen LogP contribution in [-0.4, -0.2) is 45.3 Å².